The number of fused-ring (bicyclic) bond motifs is 1. The normalized spacial score (nSPS) is 15.8. The Morgan fingerprint density at radius 1 is 1.00 bits per heavy atom. The number of aromatic nitrogens is 2. The number of alkyl halides is 6. The minimum absolute atomic E-state index is 0.0197. The number of anilines is 2. The number of nitriles is 1. The average molecular weight is 638 g/mol. The van der Waals surface area contributed by atoms with Crippen molar-refractivity contribution in [2.24, 2.45) is 0 Å². The molecule has 2 aliphatic heterocycles. The van der Waals surface area contributed by atoms with E-state index in [1.807, 2.05) is 6.07 Å². The minimum atomic E-state index is -4.69. The molecular formula is C28H22ClF6N7O2. The number of carbonyl (C=O) groups excluding carboxylic acids is 2. The number of benzene rings is 2. The van der Waals surface area contributed by atoms with Crippen molar-refractivity contribution < 1.29 is 35.9 Å². The average Bonchev–Trinajstić information content (AvgIpc) is 3.41. The molecule has 2 aliphatic rings. The van der Waals surface area contributed by atoms with Crippen molar-refractivity contribution in [3.8, 4) is 6.07 Å². The molecule has 0 radical (unpaired) electrons. The molecule has 3 amide bonds. The zero-order chi connectivity index (χ0) is 31.8. The summed E-state index contributed by atoms with van der Waals surface area (Å²) in [6.45, 7) is 0.798. The molecule has 1 fully saturated rings. The van der Waals surface area contributed by atoms with Gasteiger partial charge in [-0.25, -0.2) is 9.48 Å². The van der Waals surface area contributed by atoms with Gasteiger partial charge in [0.1, 0.15) is 11.6 Å². The van der Waals surface area contributed by atoms with Crippen LogP contribution in [0, 0.1) is 11.3 Å². The van der Waals surface area contributed by atoms with E-state index in [2.05, 4.69) is 10.4 Å². The number of rotatable bonds is 4. The topological polar surface area (TPSA) is 97.5 Å². The van der Waals surface area contributed by atoms with Gasteiger partial charge in [0.25, 0.3) is 0 Å². The largest absolute Gasteiger partial charge is 0.417 e. The first kappa shape index (κ1) is 30.9. The van der Waals surface area contributed by atoms with Crippen LogP contribution in [0.1, 0.15) is 22.3 Å². The molecule has 0 atom stereocenters. The predicted octanol–water partition coefficient (Wildman–Crippen LogP) is 5.53. The molecule has 2 aromatic carbocycles. The molecule has 5 rings (SSSR count). The quantitative estimate of drug-likeness (QED) is 0.380. The van der Waals surface area contributed by atoms with Gasteiger partial charge in [-0.15, -0.1) is 0 Å². The first-order chi connectivity index (χ1) is 20.8. The highest BCUT2D eigenvalue weighted by molar-refractivity contribution is 6.31. The van der Waals surface area contributed by atoms with E-state index in [1.165, 1.54) is 38.9 Å². The van der Waals surface area contributed by atoms with Crippen molar-refractivity contribution in [1.29, 1.82) is 5.26 Å². The number of amides is 3. The van der Waals surface area contributed by atoms with Crippen molar-refractivity contribution in [2.75, 3.05) is 49.5 Å². The highest BCUT2D eigenvalue weighted by Gasteiger charge is 2.35. The molecule has 0 saturated carbocycles. The van der Waals surface area contributed by atoms with E-state index >= 15 is 0 Å². The summed E-state index contributed by atoms with van der Waals surface area (Å²) in [6, 6.07) is 9.07. The van der Waals surface area contributed by atoms with Crippen LogP contribution in [0.5, 0.6) is 0 Å². The number of nitrogens with zero attached hydrogens (tertiary/aromatic N) is 6. The number of halogens is 7. The van der Waals surface area contributed by atoms with Crippen LogP contribution in [0.15, 0.2) is 54.7 Å². The molecule has 16 heteroatoms. The van der Waals surface area contributed by atoms with Crippen LogP contribution in [0.4, 0.5) is 42.6 Å². The molecule has 1 aromatic heterocycles. The van der Waals surface area contributed by atoms with E-state index in [1.54, 1.807) is 11.0 Å². The summed E-state index contributed by atoms with van der Waals surface area (Å²) in [5.74, 6) is -0.270. The predicted molar refractivity (Wildman–Crippen MR) is 148 cm³/mol. The number of hydrogen-bond donors (Lipinski definition) is 1. The summed E-state index contributed by atoms with van der Waals surface area (Å²) in [7, 11) is 0. The Hall–Kier alpha value is -4.55. The molecule has 3 aromatic rings. The van der Waals surface area contributed by atoms with Crippen molar-refractivity contribution in [3.05, 3.63) is 82.0 Å². The third kappa shape index (κ3) is 6.36. The molecule has 0 unspecified atom stereocenters. The maximum absolute atomic E-state index is 13.4. The van der Waals surface area contributed by atoms with E-state index in [-0.39, 0.29) is 61.9 Å². The van der Waals surface area contributed by atoms with Crippen LogP contribution in [0.3, 0.4) is 0 Å². The van der Waals surface area contributed by atoms with Crippen LogP contribution in [0.25, 0.3) is 5.70 Å². The van der Waals surface area contributed by atoms with Crippen LogP contribution in [0.2, 0.25) is 5.02 Å². The third-order valence-corrected chi connectivity index (χ3v) is 7.47. The Kier molecular flexibility index (Phi) is 8.32. The molecule has 0 aliphatic carbocycles. The fraction of sp³-hybridized carbons (Fsp3) is 0.286. The smallest absolute Gasteiger partial charge is 0.322 e. The molecular weight excluding hydrogens is 616 g/mol. The number of urea groups is 1. The van der Waals surface area contributed by atoms with Crippen molar-refractivity contribution >= 4 is 40.7 Å². The minimum Gasteiger partial charge on any atom is -0.322 e. The molecule has 3 heterocycles. The van der Waals surface area contributed by atoms with Gasteiger partial charge < -0.3 is 10.2 Å². The second-order valence-corrected chi connectivity index (χ2v) is 10.4. The van der Waals surface area contributed by atoms with Crippen LogP contribution < -0.4 is 10.2 Å². The Bertz CT molecular complexity index is 1670. The number of nitrogens with one attached hydrogen (secondary N) is 1. The number of hydrogen-bond acceptors (Lipinski definition) is 5. The van der Waals surface area contributed by atoms with Crippen molar-refractivity contribution in [1.82, 2.24) is 19.6 Å². The molecule has 44 heavy (non-hydrogen) atoms. The van der Waals surface area contributed by atoms with E-state index in [0.717, 1.165) is 24.3 Å². The van der Waals surface area contributed by atoms with Gasteiger partial charge >= 0.3 is 18.4 Å². The van der Waals surface area contributed by atoms with Crippen LogP contribution >= 0.6 is 11.6 Å². The van der Waals surface area contributed by atoms with E-state index < -0.39 is 40.4 Å². The van der Waals surface area contributed by atoms with Gasteiger partial charge in [0, 0.05) is 44.0 Å². The van der Waals surface area contributed by atoms with Crippen molar-refractivity contribution in [2.45, 2.75) is 12.4 Å². The number of carbonyl (C=O) groups is 2. The third-order valence-electron chi connectivity index (χ3n) is 7.14. The van der Waals surface area contributed by atoms with Gasteiger partial charge in [-0.05, 0) is 36.4 Å². The van der Waals surface area contributed by atoms with Crippen LogP contribution in [-0.2, 0) is 17.1 Å². The number of piperazine rings is 1. The molecule has 0 spiro atoms. The fourth-order valence-corrected chi connectivity index (χ4v) is 5.16. The van der Waals surface area contributed by atoms with Gasteiger partial charge in [-0.2, -0.15) is 36.7 Å². The second kappa shape index (κ2) is 11.9. The molecule has 1 saturated heterocycles. The summed E-state index contributed by atoms with van der Waals surface area (Å²) in [5.41, 5.74) is -1.43. The Labute approximate surface area is 251 Å². The lowest BCUT2D eigenvalue weighted by molar-refractivity contribution is -0.138. The zero-order valence-electron chi connectivity index (χ0n) is 22.6. The summed E-state index contributed by atoms with van der Waals surface area (Å²) in [6.07, 6.45) is -6.46. The zero-order valence-corrected chi connectivity index (χ0v) is 23.3. The Morgan fingerprint density at radius 3 is 2.39 bits per heavy atom. The van der Waals surface area contributed by atoms with E-state index in [0.29, 0.717) is 5.70 Å². The summed E-state index contributed by atoms with van der Waals surface area (Å²) in [5, 5.41) is 15.7. The van der Waals surface area contributed by atoms with E-state index in [4.69, 9.17) is 11.6 Å². The SMILES string of the molecule is N#Cc1cnn2c1N(C(=O)CN1CCN(C(=O)Nc3ccc(Cl)c(C(F)(F)F)c3)CC1)CC=C2c1cccc(C(F)(F)F)c1. The maximum atomic E-state index is 13.4. The first-order valence-electron chi connectivity index (χ1n) is 13.1. The molecule has 1 N–H and O–H groups in total. The van der Waals surface area contributed by atoms with Gasteiger partial charge in [0.2, 0.25) is 5.91 Å². The summed E-state index contributed by atoms with van der Waals surface area (Å²) in [4.78, 5) is 30.6. The molecule has 0 bridgehead atoms. The van der Waals surface area contributed by atoms with E-state index in [9.17, 15) is 41.2 Å². The second-order valence-electron chi connectivity index (χ2n) is 9.96. The van der Waals surface area contributed by atoms with Crippen molar-refractivity contribution in [3.63, 3.8) is 0 Å². The summed E-state index contributed by atoms with van der Waals surface area (Å²) < 4.78 is 80.6. The lowest BCUT2D eigenvalue weighted by Crippen LogP contribution is -2.53. The highest BCUT2D eigenvalue weighted by atomic mass is 35.5. The lowest BCUT2D eigenvalue weighted by Gasteiger charge is -2.36. The maximum Gasteiger partial charge on any atom is 0.417 e. The summed E-state index contributed by atoms with van der Waals surface area (Å²) >= 11 is 5.63. The fourth-order valence-electron chi connectivity index (χ4n) is 4.93. The van der Waals surface area contributed by atoms with Gasteiger partial charge in [0.05, 0.1) is 34.6 Å². The van der Waals surface area contributed by atoms with Gasteiger partial charge in [-0.1, -0.05) is 23.7 Å². The molecule has 9 nitrogen and oxygen atoms in total. The Balaban J connectivity index is 1.23. The lowest BCUT2D eigenvalue weighted by atomic mass is 10.1. The monoisotopic (exact) mass is 637 g/mol. The first-order valence-corrected chi connectivity index (χ1v) is 13.5. The van der Waals surface area contributed by atoms with Gasteiger partial charge in [-0.3, -0.25) is 14.6 Å². The van der Waals surface area contributed by atoms with Gasteiger partial charge in [0.15, 0.2) is 5.82 Å². The van der Waals surface area contributed by atoms with Crippen LogP contribution in [-0.4, -0.2) is 70.8 Å². The Morgan fingerprint density at radius 2 is 1.73 bits per heavy atom. The molecule has 230 valence electrons. The standard InChI is InChI=1S/C28H22ClF6N7O2/c29-22-5-4-20(13-21(22)28(33,34)35)38-26(44)40-10-8-39(9-11-40)16-24(43)41-7-6-23(42-25(41)18(14-36)15-37-42)17-2-1-3-19(12-17)27(30,31)32/h1-6,12-13,15H,7-11,16H2,(H,38,44). The highest BCUT2D eigenvalue weighted by Crippen LogP contribution is 2.37.